The molecule has 0 fully saturated rings. The summed E-state index contributed by atoms with van der Waals surface area (Å²) in [4.78, 5) is 28.7. The first-order valence-electron chi connectivity index (χ1n) is 13.3. The highest BCUT2D eigenvalue weighted by atomic mass is 35.5. The zero-order valence-electron chi connectivity index (χ0n) is 25.0. The van der Waals surface area contributed by atoms with Crippen molar-refractivity contribution in [1.29, 1.82) is 0 Å². The maximum atomic E-state index is 14.1. The van der Waals surface area contributed by atoms with Crippen LogP contribution in [0.2, 0.25) is 5.02 Å². The molecule has 1 N–H and O–H groups in total. The Morgan fingerprint density at radius 3 is 2.17 bits per heavy atom. The smallest absolute Gasteiger partial charge is 0.264 e. The fourth-order valence-corrected chi connectivity index (χ4v) is 5.85. The van der Waals surface area contributed by atoms with Gasteiger partial charge in [-0.2, -0.15) is 0 Å². The van der Waals surface area contributed by atoms with Gasteiger partial charge in [0.15, 0.2) is 11.5 Å². The highest BCUT2D eigenvalue weighted by Gasteiger charge is 2.33. The van der Waals surface area contributed by atoms with Crippen molar-refractivity contribution in [2.75, 3.05) is 25.1 Å². The van der Waals surface area contributed by atoms with Crippen molar-refractivity contribution in [3.8, 4) is 11.5 Å². The Morgan fingerprint density at radius 2 is 1.60 bits per heavy atom. The molecule has 3 aromatic rings. The fourth-order valence-electron chi connectivity index (χ4n) is 4.23. The molecule has 0 saturated carbocycles. The van der Waals surface area contributed by atoms with Crippen molar-refractivity contribution in [3.05, 3.63) is 82.9 Å². The van der Waals surface area contributed by atoms with E-state index in [2.05, 4.69) is 5.32 Å². The molecule has 0 unspecified atom stereocenters. The number of ether oxygens (including phenoxy) is 2. The molecule has 3 aromatic carbocycles. The van der Waals surface area contributed by atoms with Gasteiger partial charge in [-0.05, 0) is 76.6 Å². The van der Waals surface area contributed by atoms with Gasteiger partial charge < -0.3 is 19.7 Å². The molecule has 42 heavy (non-hydrogen) atoms. The lowest BCUT2D eigenvalue weighted by molar-refractivity contribution is -0.140. The standard InChI is InChI=1S/C31H38ClN3O6S/c1-21-11-14-26(15-12-21)42(38,39)35(25-13-16-27(40-6)28(18-25)41-7)20-29(36)34(19-23-9-8-10-24(32)17-23)22(2)30(37)33-31(3,4)5/h8-18,22H,19-20H2,1-7H3,(H,33,37)/t22-/m0/s1. The second kappa shape index (κ2) is 13.5. The highest BCUT2D eigenvalue weighted by molar-refractivity contribution is 7.92. The highest BCUT2D eigenvalue weighted by Crippen LogP contribution is 2.34. The van der Waals surface area contributed by atoms with Gasteiger partial charge in [0.05, 0.1) is 24.8 Å². The molecule has 0 radical (unpaired) electrons. The van der Waals surface area contributed by atoms with Crippen LogP contribution < -0.4 is 19.1 Å². The van der Waals surface area contributed by atoms with Crippen LogP contribution in [0.5, 0.6) is 11.5 Å². The maximum Gasteiger partial charge on any atom is 0.264 e. The number of carbonyl (C=O) groups is 2. The lowest BCUT2D eigenvalue weighted by Crippen LogP contribution is -2.54. The summed E-state index contributed by atoms with van der Waals surface area (Å²) in [5.41, 5.74) is 1.21. The van der Waals surface area contributed by atoms with Crippen LogP contribution in [0.4, 0.5) is 5.69 Å². The van der Waals surface area contributed by atoms with E-state index >= 15 is 0 Å². The van der Waals surface area contributed by atoms with E-state index in [4.69, 9.17) is 21.1 Å². The van der Waals surface area contributed by atoms with Crippen molar-refractivity contribution in [2.45, 2.75) is 57.6 Å². The molecule has 0 heterocycles. The van der Waals surface area contributed by atoms with Crippen LogP contribution in [0.25, 0.3) is 0 Å². The minimum absolute atomic E-state index is 0.00981. The topological polar surface area (TPSA) is 105 Å². The Bertz CT molecular complexity index is 1520. The van der Waals surface area contributed by atoms with Gasteiger partial charge >= 0.3 is 0 Å². The molecule has 226 valence electrons. The SMILES string of the molecule is COc1ccc(N(CC(=O)N(Cc2cccc(Cl)c2)[C@@H](C)C(=O)NC(C)(C)C)S(=O)(=O)c2ccc(C)cc2)cc1OC. The van der Waals surface area contributed by atoms with Gasteiger partial charge in [0.25, 0.3) is 10.0 Å². The summed E-state index contributed by atoms with van der Waals surface area (Å²) in [5, 5.41) is 3.38. The average Bonchev–Trinajstić information content (AvgIpc) is 2.93. The third-order valence-corrected chi connectivity index (χ3v) is 8.47. The molecule has 1 atom stereocenters. The van der Waals surface area contributed by atoms with Gasteiger partial charge in [-0.3, -0.25) is 13.9 Å². The van der Waals surface area contributed by atoms with Crippen LogP contribution in [0.3, 0.4) is 0 Å². The molecule has 11 heteroatoms. The largest absolute Gasteiger partial charge is 0.493 e. The molecular weight excluding hydrogens is 578 g/mol. The Hall–Kier alpha value is -3.76. The molecule has 9 nitrogen and oxygen atoms in total. The van der Waals surface area contributed by atoms with Crippen LogP contribution in [0.1, 0.15) is 38.8 Å². The van der Waals surface area contributed by atoms with Gasteiger partial charge in [0.1, 0.15) is 12.6 Å². The van der Waals surface area contributed by atoms with Gasteiger partial charge in [0, 0.05) is 23.2 Å². The number of amides is 2. The number of hydrogen-bond acceptors (Lipinski definition) is 6. The molecule has 3 rings (SSSR count). The summed E-state index contributed by atoms with van der Waals surface area (Å²) in [7, 11) is -1.32. The Kier molecular flexibility index (Phi) is 10.5. The van der Waals surface area contributed by atoms with E-state index in [-0.39, 0.29) is 23.0 Å². The van der Waals surface area contributed by atoms with Gasteiger partial charge in [-0.1, -0.05) is 41.4 Å². The van der Waals surface area contributed by atoms with E-state index in [0.29, 0.717) is 22.1 Å². The number of aryl methyl sites for hydroxylation is 1. The molecule has 0 bridgehead atoms. The van der Waals surface area contributed by atoms with Gasteiger partial charge in [-0.15, -0.1) is 0 Å². The average molecular weight is 616 g/mol. The number of sulfonamides is 1. The second-order valence-corrected chi connectivity index (χ2v) is 13.2. The predicted octanol–water partition coefficient (Wildman–Crippen LogP) is 5.19. The normalized spacial score (nSPS) is 12.3. The lowest BCUT2D eigenvalue weighted by atomic mass is 10.1. The Balaban J connectivity index is 2.10. The number of carbonyl (C=O) groups excluding carboxylic acids is 2. The maximum absolute atomic E-state index is 14.1. The van der Waals surface area contributed by atoms with E-state index in [1.807, 2.05) is 27.7 Å². The molecule has 0 aliphatic carbocycles. The first-order chi connectivity index (χ1) is 19.7. The quantitative estimate of drug-likeness (QED) is 0.318. The number of nitrogens with zero attached hydrogens (tertiary/aromatic N) is 2. The summed E-state index contributed by atoms with van der Waals surface area (Å²) in [5.74, 6) is -0.274. The number of hydrogen-bond donors (Lipinski definition) is 1. The van der Waals surface area contributed by atoms with Crippen LogP contribution in [-0.2, 0) is 26.2 Å². The van der Waals surface area contributed by atoms with Crippen molar-refractivity contribution in [1.82, 2.24) is 10.2 Å². The third-order valence-electron chi connectivity index (χ3n) is 6.45. The first-order valence-corrected chi connectivity index (χ1v) is 15.2. The summed E-state index contributed by atoms with van der Waals surface area (Å²) in [6, 6.07) is 17.0. The lowest BCUT2D eigenvalue weighted by Gasteiger charge is -2.33. The van der Waals surface area contributed by atoms with Crippen molar-refractivity contribution < 1.29 is 27.5 Å². The number of methoxy groups -OCH3 is 2. The van der Waals surface area contributed by atoms with E-state index < -0.39 is 34.1 Å². The first kappa shape index (κ1) is 32.8. The number of benzene rings is 3. The monoisotopic (exact) mass is 615 g/mol. The van der Waals surface area contributed by atoms with E-state index in [1.165, 1.54) is 43.4 Å². The van der Waals surface area contributed by atoms with Crippen LogP contribution in [-0.4, -0.2) is 57.5 Å². The summed E-state index contributed by atoms with van der Waals surface area (Å²) in [6.45, 7) is 8.43. The summed E-state index contributed by atoms with van der Waals surface area (Å²) < 4.78 is 39.8. The molecule has 0 spiro atoms. The Morgan fingerprint density at radius 1 is 0.952 bits per heavy atom. The summed E-state index contributed by atoms with van der Waals surface area (Å²) in [6.07, 6.45) is 0. The number of anilines is 1. The molecule has 0 aromatic heterocycles. The van der Waals surface area contributed by atoms with Crippen molar-refractivity contribution >= 4 is 39.1 Å². The minimum Gasteiger partial charge on any atom is -0.493 e. The predicted molar refractivity (Wildman–Crippen MR) is 165 cm³/mol. The fraction of sp³-hybridized carbons (Fsp3) is 0.355. The summed E-state index contributed by atoms with van der Waals surface area (Å²) >= 11 is 6.20. The van der Waals surface area contributed by atoms with Crippen molar-refractivity contribution in [2.24, 2.45) is 0 Å². The van der Waals surface area contributed by atoms with Crippen LogP contribution in [0.15, 0.2) is 71.6 Å². The zero-order chi connectivity index (χ0) is 31.2. The third kappa shape index (κ3) is 8.17. The van der Waals surface area contributed by atoms with Crippen molar-refractivity contribution in [3.63, 3.8) is 0 Å². The Labute approximate surface area is 253 Å². The van der Waals surface area contributed by atoms with Crippen LogP contribution in [0, 0.1) is 6.92 Å². The van der Waals surface area contributed by atoms with E-state index in [9.17, 15) is 18.0 Å². The molecule has 2 amide bonds. The number of halogens is 1. The molecule has 0 saturated heterocycles. The molecule has 0 aliphatic heterocycles. The van der Waals surface area contributed by atoms with Crippen LogP contribution >= 0.6 is 11.6 Å². The zero-order valence-corrected chi connectivity index (χ0v) is 26.5. The second-order valence-electron chi connectivity index (χ2n) is 10.9. The van der Waals surface area contributed by atoms with E-state index in [1.54, 1.807) is 49.4 Å². The molecular formula is C31H38ClN3O6S. The van der Waals surface area contributed by atoms with Gasteiger partial charge in [0.2, 0.25) is 11.8 Å². The number of rotatable bonds is 11. The van der Waals surface area contributed by atoms with E-state index in [0.717, 1.165) is 9.87 Å². The minimum atomic E-state index is -4.23. The van der Waals surface area contributed by atoms with Gasteiger partial charge in [-0.25, -0.2) is 8.42 Å². The number of nitrogens with one attached hydrogen (secondary N) is 1. The molecule has 0 aliphatic rings.